The van der Waals surface area contributed by atoms with E-state index in [1.807, 2.05) is 0 Å². The van der Waals surface area contributed by atoms with Crippen molar-refractivity contribution in [2.75, 3.05) is 5.32 Å². The second-order valence-corrected chi connectivity index (χ2v) is 4.42. The molecule has 1 aliphatic heterocycles. The summed E-state index contributed by atoms with van der Waals surface area (Å²) in [4.78, 5) is 37.5. The highest BCUT2D eigenvalue weighted by atomic mass is 16.2. The Balaban J connectivity index is 1.87. The molecule has 3 rings (SSSR count). The van der Waals surface area contributed by atoms with Gasteiger partial charge in [-0.3, -0.25) is 14.4 Å². The van der Waals surface area contributed by atoms with Gasteiger partial charge in [-0.2, -0.15) is 0 Å². The molecule has 0 atom stereocenters. The first-order valence-electron chi connectivity index (χ1n) is 6.05. The van der Waals surface area contributed by atoms with Crippen molar-refractivity contribution in [3.63, 3.8) is 0 Å². The number of aromatic nitrogens is 1. The largest absolute Gasteiger partial charge is 0.348 e. The van der Waals surface area contributed by atoms with Crippen LogP contribution in [0, 0.1) is 0 Å². The highest BCUT2D eigenvalue weighted by molar-refractivity contribution is 6.05. The average molecular weight is 269 g/mol. The van der Waals surface area contributed by atoms with Gasteiger partial charge in [-0.1, -0.05) is 6.07 Å². The zero-order chi connectivity index (χ0) is 14.1. The molecular weight excluding hydrogens is 258 g/mol. The lowest BCUT2D eigenvalue weighted by atomic mass is 10.1. The van der Waals surface area contributed by atoms with Crippen molar-refractivity contribution in [3.05, 3.63) is 63.6 Å². The van der Waals surface area contributed by atoms with Crippen LogP contribution in [0.25, 0.3) is 0 Å². The van der Waals surface area contributed by atoms with Crippen molar-refractivity contribution in [3.8, 4) is 0 Å². The quantitative estimate of drug-likeness (QED) is 0.755. The summed E-state index contributed by atoms with van der Waals surface area (Å²) in [6.45, 7) is 0.501. The van der Waals surface area contributed by atoms with Crippen LogP contribution in [0.4, 0.5) is 5.69 Å². The summed E-state index contributed by atoms with van der Waals surface area (Å²) in [5.41, 5.74) is 1.49. The molecule has 2 amide bonds. The van der Waals surface area contributed by atoms with Crippen molar-refractivity contribution in [1.82, 2.24) is 10.3 Å². The maximum absolute atomic E-state index is 12.0. The monoisotopic (exact) mass is 269 g/mol. The van der Waals surface area contributed by atoms with Crippen LogP contribution in [0.1, 0.15) is 26.3 Å². The number of hydrogen-bond acceptors (Lipinski definition) is 3. The van der Waals surface area contributed by atoms with Gasteiger partial charge in [-0.05, 0) is 29.8 Å². The molecule has 0 unspecified atom stereocenters. The number of pyridine rings is 1. The first-order chi connectivity index (χ1) is 9.65. The van der Waals surface area contributed by atoms with Gasteiger partial charge in [0, 0.05) is 24.0 Å². The van der Waals surface area contributed by atoms with Gasteiger partial charge >= 0.3 is 0 Å². The number of benzene rings is 1. The molecule has 0 spiro atoms. The van der Waals surface area contributed by atoms with Gasteiger partial charge in [-0.15, -0.1) is 0 Å². The molecule has 6 heteroatoms. The molecule has 1 aliphatic rings. The van der Waals surface area contributed by atoms with Gasteiger partial charge in [0.2, 0.25) is 0 Å². The summed E-state index contributed by atoms with van der Waals surface area (Å²) < 4.78 is 0. The Morgan fingerprint density at radius 2 is 2.05 bits per heavy atom. The maximum Gasteiger partial charge on any atom is 0.261 e. The Kier molecular flexibility index (Phi) is 2.83. The SMILES string of the molecule is O=C1NCc2ccc(NC(=O)c3ccc[nH]c3=O)cc21. The molecule has 100 valence electrons. The number of nitrogens with one attached hydrogen (secondary N) is 3. The molecule has 2 aromatic rings. The first kappa shape index (κ1) is 12.2. The molecule has 0 saturated heterocycles. The van der Waals surface area contributed by atoms with Crippen LogP contribution >= 0.6 is 0 Å². The van der Waals surface area contributed by atoms with E-state index in [0.29, 0.717) is 17.8 Å². The summed E-state index contributed by atoms with van der Waals surface area (Å²) in [5, 5.41) is 5.31. The lowest BCUT2D eigenvalue weighted by molar-refractivity contribution is 0.0964. The van der Waals surface area contributed by atoms with Crippen LogP contribution in [-0.2, 0) is 6.54 Å². The third-order valence-electron chi connectivity index (χ3n) is 3.11. The summed E-state index contributed by atoms with van der Waals surface area (Å²) in [5.74, 6) is -0.668. The summed E-state index contributed by atoms with van der Waals surface area (Å²) >= 11 is 0. The molecule has 0 radical (unpaired) electrons. The molecule has 1 aromatic carbocycles. The summed E-state index contributed by atoms with van der Waals surface area (Å²) in [6.07, 6.45) is 1.46. The second kappa shape index (κ2) is 4.65. The smallest absolute Gasteiger partial charge is 0.261 e. The minimum atomic E-state index is -0.509. The topological polar surface area (TPSA) is 91.1 Å². The zero-order valence-corrected chi connectivity index (χ0v) is 10.4. The number of anilines is 1. The van der Waals surface area contributed by atoms with E-state index in [9.17, 15) is 14.4 Å². The lowest BCUT2D eigenvalue weighted by Gasteiger charge is -2.06. The van der Waals surface area contributed by atoms with Crippen LogP contribution in [0.15, 0.2) is 41.3 Å². The van der Waals surface area contributed by atoms with Crippen molar-refractivity contribution < 1.29 is 9.59 Å². The molecule has 20 heavy (non-hydrogen) atoms. The molecule has 3 N–H and O–H groups in total. The number of aromatic amines is 1. The van der Waals surface area contributed by atoms with E-state index in [4.69, 9.17) is 0 Å². The zero-order valence-electron chi connectivity index (χ0n) is 10.4. The average Bonchev–Trinajstić information content (AvgIpc) is 2.81. The second-order valence-electron chi connectivity index (χ2n) is 4.42. The van der Waals surface area contributed by atoms with Crippen molar-refractivity contribution >= 4 is 17.5 Å². The van der Waals surface area contributed by atoms with E-state index in [0.717, 1.165) is 5.56 Å². The number of fused-ring (bicyclic) bond motifs is 1. The van der Waals surface area contributed by atoms with Crippen molar-refractivity contribution in [1.29, 1.82) is 0 Å². The van der Waals surface area contributed by atoms with E-state index in [1.165, 1.54) is 12.3 Å². The van der Waals surface area contributed by atoms with Crippen LogP contribution < -0.4 is 16.2 Å². The Morgan fingerprint density at radius 1 is 1.20 bits per heavy atom. The van der Waals surface area contributed by atoms with Crippen LogP contribution in [-0.4, -0.2) is 16.8 Å². The van der Waals surface area contributed by atoms with Crippen molar-refractivity contribution in [2.24, 2.45) is 0 Å². The van der Waals surface area contributed by atoms with E-state index >= 15 is 0 Å². The highest BCUT2D eigenvalue weighted by Crippen LogP contribution is 2.20. The van der Waals surface area contributed by atoms with Gasteiger partial charge in [0.15, 0.2) is 0 Å². The molecule has 0 fully saturated rings. The molecular formula is C14H11N3O3. The fourth-order valence-corrected chi connectivity index (χ4v) is 2.09. The van der Waals surface area contributed by atoms with Gasteiger partial charge in [-0.25, -0.2) is 0 Å². The standard InChI is InChI=1S/C14H11N3O3/c18-12-10(2-1-5-15-12)14(20)17-9-4-3-8-7-16-13(19)11(8)6-9/h1-6H,7H2,(H,15,18)(H,16,19)(H,17,20). The molecule has 6 nitrogen and oxygen atoms in total. The Morgan fingerprint density at radius 3 is 2.85 bits per heavy atom. The number of carbonyl (C=O) groups excluding carboxylic acids is 2. The third kappa shape index (κ3) is 2.07. The number of rotatable bonds is 2. The fourth-order valence-electron chi connectivity index (χ4n) is 2.09. The van der Waals surface area contributed by atoms with E-state index in [2.05, 4.69) is 15.6 Å². The lowest BCUT2D eigenvalue weighted by Crippen LogP contribution is -2.22. The first-order valence-corrected chi connectivity index (χ1v) is 6.05. The third-order valence-corrected chi connectivity index (χ3v) is 3.11. The van der Waals surface area contributed by atoms with Crippen LogP contribution in [0.2, 0.25) is 0 Å². The molecule has 1 aromatic heterocycles. The van der Waals surface area contributed by atoms with E-state index in [1.54, 1.807) is 24.3 Å². The summed E-state index contributed by atoms with van der Waals surface area (Å²) in [6, 6.07) is 8.10. The minimum Gasteiger partial charge on any atom is -0.348 e. The van der Waals surface area contributed by atoms with Gasteiger partial charge in [0.05, 0.1) is 0 Å². The fraction of sp³-hybridized carbons (Fsp3) is 0.0714. The molecule has 0 saturated carbocycles. The van der Waals surface area contributed by atoms with Crippen molar-refractivity contribution in [2.45, 2.75) is 6.54 Å². The molecule has 0 bridgehead atoms. The number of H-pyrrole nitrogens is 1. The van der Waals surface area contributed by atoms with Crippen LogP contribution in [0.3, 0.4) is 0 Å². The number of carbonyl (C=O) groups is 2. The minimum absolute atomic E-state index is 0.0254. The highest BCUT2D eigenvalue weighted by Gasteiger charge is 2.19. The maximum atomic E-state index is 12.0. The normalized spacial score (nSPS) is 12.7. The summed E-state index contributed by atoms with van der Waals surface area (Å²) in [7, 11) is 0. The van der Waals surface area contributed by atoms with E-state index < -0.39 is 11.5 Å². The number of amides is 2. The molecule has 2 heterocycles. The van der Waals surface area contributed by atoms with Gasteiger partial charge in [0.25, 0.3) is 17.4 Å². The predicted octanol–water partition coefficient (Wildman–Crippen LogP) is 0.871. The Bertz CT molecular complexity index is 764. The number of hydrogen-bond donors (Lipinski definition) is 3. The van der Waals surface area contributed by atoms with Crippen LogP contribution in [0.5, 0.6) is 0 Å². The van der Waals surface area contributed by atoms with E-state index in [-0.39, 0.29) is 11.5 Å². The van der Waals surface area contributed by atoms with Gasteiger partial charge in [0.1, 0.15) is 5.56 Å². The molecule has 0 aliphatic carbocycles. The Hall–Kier alpha value is -2.89. The Labute approximate surface area is 113 Å². The van der Waals surface area contributed by atoms with Gasteiger partial charge < -0.3 is 15.6 Å². The predicted molar refractivity (Wildman–Crippen MR) is 72.6 cm³/mol.